The minimum Gasteiger partial charge on any atom is -1.00 e. The molecule has 0 nitrogen and oxygen atoms in total. The zero-order chi connectivity index (χ0) is 16.5. The number of fused-ring (bicyclic) bond motifs is 3. The molecule has 2 aliphatic carbocycles. The topological polar surface area (TPSA) is 0 Å². The van der Waals surface area contributed by atoms with Gasteiger partial charge in [0, 0.05) is 0 Å². The Bertz CT molecular complexity index is 890. The molecular formula is C23H24Cl2Zr. The van der Waals surface area contributed by atoms with Crippen molar-refractivity contribution in [2.45, 2.75) is 46.0 Å². The predicted octanol–water partition coefficient (Wildman–Crippen LogP) is 0.622. The van der Waals surface area contributed by atoms with Gasteiger partial charge < -0.3 is 24.8 Å². The van der Waals surface area contributed by atoms with E-state index in [0.29, 0.717) is 0 Å². The summed E-state index contributed by atoms with van der Waals surface area (Å²) in [5.74, 6) is 0. The van der Waals surface area contributed by atoms with E-state index in [0.717, 1.165) is 6.42 Å². The molecule has 0 aliphatic heterocycles. The number of allylic oxidation sites excluding steroid dienone is 5. The van der Waals surface area contributed by atoms with Gasteiger partial charge in [0.2, 0.25) is 0 Å². The van der Waals surface area contributed by atoms with E-state index in [1.807, 2.05) is 3.28 Å². The molecule has 0 saturated carbocycles. The number of benzene rings is 2. The molecule has 0 unspecified atom stereocenters. The summed E-state index contributed by atoms with van der Waals surface area (Å²) in [5, 5.41) is 2.86. The van der Waals surface area contributed by atoms with Crippen LogP contribution >= 0.6 is 0 Å². The van der Waals surface area contributed by atoms with Gasteiger partial charge in [-0.3, -0.25) is 0 Å². The Morgan fingerprint density at radius 1 is 0.962 bits per heavy atom. The van der Waals surface area contributed by atoms with Crippen LogP contribution in [0, 0.1) is 0 Å². The molecule has 0 N–H and O–H groups in total. The smallest absolute Gasteiger partial charge is 1.00 e. The van der Waals surface area contributed by atoms with Crippen molar-refractivity contribution < 1.29 is 48.0 Å². The van der Waals surface area contributed by atoms with Crippen molar-refractivity contribution in [3.8, 4) is 0 Å². The molecule has 4 rings (SSSR count). The van der Waals surface area contributed by atoms with E-state index < -0.39 is 23.2 Å². The van der Waals surface area contributed by atoms with Gasteiger partial charge in [0.25, 0.3) is 0 Å². The monoisotopic (exact) mass is 460 g/mol. The maximum Gasteiger partial charge on any atom is -1.00 e. The van der Waals surface area contributed by atoms with Gasteiger partial charge in [-0.25, -0.2) is 0 Å². The fraction of sp³-hybridized carbons (Fsp3) is 0.304. The van der Waals surface area contributed by atoms with Crippen molar-refractivity contribution in [2.75, 3.05) is 0 Å². The van der Waals surface area contributed by atoms with E-state index in [-0.39, 0.29) is 24.8 Å². The first-order chi connectivity index (χ1) is 11.8. The van der Waals surface area contributed by atoms with Crippen LogP contribution in [0.4, 0.5) is 0 Å². The molecule has 2 aromatic carbocycles. The Balaban J connectivity index is 0.00000121. The molecule has 26 heavy (non-hydrogen) atoms. The van der Waals surface area contributed by atoms with Gasteiger partial charge in [-0.15, -0.1) is 0 Å². The third kappa shape index (κ3) is 4.11. The van der Waals surface area contributed by atoms with Crippen LogP contribution in [0.5, 0.6) is 0 Å². The number of halogens is 2. The molecule has 0 aromatic heterocycles. The summed E-state index contributed by atoms with van der Waals surface area (Å²) in [4.78, 5) is 0. The summed E-state index contributed by atoms with van der Waals surface area (Å²) >= 11 is -0.684. The van der Waals surface area contributed by atoms with E-state index in [1.54, 1.807) is 25.6 Å². The molecule has 0 amide bonds. The quantitative estimate of drug-likeness (QED) is 0.612. The summed E-state index contributed by atoms with van der Waals surface area (Å²) in [6, 6.07) is 13.6. The van der Waals surface area contributed by atoms with E-state index >= 15 is 0 Å². The van der Waals surface area contributed by atoms with Crippen LogP contribution in [0.2, 0.25) is 0 Å². The molecule has 0 heterocycles. The Hall–Kier alpha value is -0.617. The molecule has 0 spiro atoms. The van der Waals surface area contributed by atoms with E-state index in [2.05, 4.69) is 62.4 Å². The van der Waals surface area contributed by atoms with E-state index in [4.69, 9.17) is 0 Å². The molecule has 0 radical (unpaired) electrons. The van der Waals surface area contributed by atoms with Crippen LogP contribution in [0.25, 0.3) is 14.1 Å². The largest absolute Gasteiger partial charge is 1.00 e. The number of rotatable bonds is 5. The summed E-state index contributed by atoms with van der Waals surface area (Å²) < 4.78 is 3.55. The minimum absolute atomic E-state index is 0. The summed E-state index contributed by atoms with van der Waals surface area (Å²) in [6.07, 6.45) is 11.3. The standard InChI is InChI=1S/C13H9.C10H15.2ClH.Zr/c1-2-6-12-10(4-1)8-9-11-5-3-7-13(11)12;1-3-4-7-10-8-5-6-9(10)2;;;/h1-4,6,8-9H,5H2;6H,3-5,7H2,1-2H3;2*1H;/q;;;;+2/p-2. The van der Waals surface area contributed by atoms with Gasteiger partial charge in [0.1, 0.15) is 0 Å². The summed E-state index contributed by atoms with van der Waals surface area (Å²) in [6.45, 7) is 4.62. The Morgan fingerprint density at radius 2 is 1.77 bits per heavy atom. The van der Waals surface area contributed by atoms with Gasteiger partial charge in [-0.05, 0) is 0 Å². The second kappa shape index (κ2) is 9.54. The Kier molecular flexibility index (Phi) is 7.96. The Labute approximate surface area is 181 Å². The zero-order valence-corrected chi connectivity index (χ0v) is 19.4. The third-order valence-corrected chi connectivity index (χ3v) is 9.09. The van der Waals surface area contributed by atoms with Crippen LogP contribution in [0.3, 0.4) is 0 Å². The zero-order valence-electron chi connectivity index (χ0n) is 15.4. The first-order valence-corrected chi connectivity index (χ1v) is 11.6. The van der Waals surface area contributed by atoms with Crippen molar-refractivity contribution in [3.05, 3.63) is 74.1 Å². The molecular weight excluding hydrogens is 438 g/mol. The fourth-order valence-corrected chi connectivity index (χ4v) is 7.96. The average Bonchev–Trinajstić information content (AvgIpc) is 3.18. The number of hydrogen-bond acceptors (Lipinski definition) is 0. The van der Waals surface area contributed by atoms with Crippen LogP contribution in [-0.2, 0) is 29.7 Å². The summed E-state index contributed by atoms with van der Waals surface area (Å²) in [7, 11) is 0. The van der Waals surface area contributed by atoms with Crippen LogP contribution in [0.15, 0.2) is 63.0 Å². The molecule has 0 fully saturated rings. The Morgan fingerprint density at radius 3 is 2.58 bits per heavy atom. The van der Waals surface area contributed by atoms with Crippen LogP contribution in [-0.4, -0.2) is 0 Å². The molecule has 3 heteroatoms. The SMILES string of the molecule is CCCCC1=[C]([Zr+2][C]2=CCc3ccc4ccccc4c32)CC=C1C.[Cl-].[Cl-]. The number of unbranched alkanes of at least 4 members (excludes halogenated alkanes) is 1. The van der Waals surface area contributed by atoms with Crippen LogP contribution < -0.4 is 24.8 Å². The van der Waals surface area contributed by atoms with Gasteiger partial charge in [0.05, 0.1) is 0 Å². The van der Waals surface area contributed by atoms with Crippen molar-refractivity contribution in [2.24, 2.45) is 0 Å². The minimum atomic E-state index is -0.684. The van der Waals surface area contributed by atoms with Gasteiger partial charge in [-0.1, -0.05) is 0 Å². The second-order valence-corrected chi connectivity index (χ2v) is 10.3. The summed E-state index contributed by atoms with van der Waals surface area (Å²) in [5.41, 5.74) is 6.42. The predicted molar refractivity (Wildman–Crippen MR) is 101 cm³/mol. The number of hydrogen-bond donors (Lipinski definition) is 0. The van der Waals surface area contributed by atoms with E-state index in [1.165, 1.54) is 36.5 Å². The van der Waals surface area contributed by atoms with Crippen molar-refractivity contribution >= 4 is 14.1 Å². The molecule has 2 aromatic rings. The molecule has 0 saturated heterocycles. The second-order valence-electron chi connectivity index (χ2n) is 6.92. The van der Waals surface area contributed by atoms with E-state index in [9.17, 15) is 0 Å². The maximum atomic E-state index is 2.54. The van der Waals surface area contributed by atoms with Crippen molar-refractivity contribution in [1.29, 1.82) is 0 Å². The fourth-order valence-electron chi connectivity index (χ4n) is 3.96. The van der Waals surface area contributed by atoms with Gasteiger partial charge >= 0.3 is 157 Å². The molecule has 0 bridgehead atoms. The van der Waals surface area contributed by atoms with Crippen molar-refractivity contribution in [3.63, 3.8) is 0 Å². The third-order valence-electron chi connectivity index (χ3n) is 5.33. The normalized spacial score (nSPS) is 15.0. The van der Waals surface area contributed by atoms with Gasteiger partial charge in [0.15, 0.2) is 0 Å². The molecule has 0 atom stereocenters. The van der Waals surface area contributed by atoms with Crippen molar-refractivity contribution in [1.82, 2.24) is 0 Å². The van der Waals surface area contributed by atoms with Gasteiger partial charge in [-0.2, -0.15) is 0 Å². The average molecular weight is 463 g/mol. The maximum absolute atomic E-state index is 2.54. The first-order valence-electron chi connectivity index (χ1n) is 9.15. The molecule has 134 valence electrons. The van der Waals surface area contributed by atoms with Crippen LogP contribution in [0.1, 0.15) is 50.7 Å². The molecule has 2 aliphatic rings. The first kappa shape index (κ1) is 21.7.